The maximum absolute atomic E-state index is 12.5. The van der Waals surface area contributed by atoms with Gasteiger partial charge in [0.15, 0.2) is 0 Å². The van der Waals surface area contributed by atoms with Gasteiger partial charge in [0, 0.05) is 37.6 Å². The molecule has 0 spiro atoms. The van der Waals surface area contributed by atoms with E-state index in [1.807, 2.05) is 0 Å². The third kappa shape index (κ3) is 4.15. The SMILES string of the molecule is O=C(O)C(F)(F)F.O=S(=O)(C1CC1)N1CC[C@@H]2[C@@H]1CCN2c1ncccn1. The third-order valence-corrected chi connectivity index (χ3v) is 7.27. The Morgan fingerprint density at radius 1 is 1.07 bits per heavy atom. The quantitative estimate of drug-likeness (QED) is 0.803. The monoisotopic (exact) mass is 408 g/mol. The first kappa shape index (κ1) is 19.8. The van der Waals surface area contributed by atoms with E-state index < -0.39 is 22.2 Å². The van der Waals surface area contributed by atoms with E-state index in [1.165, 1.54) is 0 Å². The van der Waals surface area contributed by atoms with Crippen molar-refractivity contribution in [1.82, 2.24) is 14.3 Å². The van der Waals surface area contributed by atoms with Gasteiger partial charge < -0.3 is 10.0 Å². The zero-order valence-electron chi connectivity index (χ0n) is 14.2. The second-order valence-electron chi connectivity index (χ2n) is 6.61. The fourth-order valence-electron chi connectivity index (χ4n) is 3.51. The summed E-state index contributed by atoms with van der Waals surface area (Å²) in [6.07, 6.45) is 1.83. The summed E-state index contributed by atoms with van der Waals surface area (Å²) < 4.78 is 58.4. The lowest BCUT2D eigenvalue weighted by molar-refractivity contribution is -0.192. The largest absolute Gasteiger partial charge is 0.490 e. The summed E-state index contributed by atoms with van der Waals surface area (Å²) in [5.41, 5.74) is 0. The molecule has 1 N–H and O–H groups in total. The average molecular weight is 408 g/mol. The zero-order valence-corrected chi connectivity index (χ0v) is 15.0. The van der Waals surface area contributed by atoms with Gasteiger partial charge in [-0.15, -0.1) is 0 Å². The number of halogens is 3. The molecule has 0 aromatic carbocycles. The van der Waals surface area contributed by atoms with Gasteiger partial charge >= 0.3 is 12.1 Å². The second-order valence-corrected chi connectivity index (χ2v) is 8.78. The van der Waals surface area contributed by atoms with Gasteiger partial charge in [-0.25, -0.2) is 23.2 Å². The number of sulfonamides is 1. The van der Waals surface area contributed by atoms with Crippen LogP contribution in [0.1, 0.15) is 25.7 Å². The van der Waals surface area contributed by atoms with Crippen LogP contribution in [0, 0.1) is 0 Å². The summed E-state index contributed by atoms with van der Waals surface area (Å²) >= 11 is 0. The van der Waals surface area contributed by atoms with Gasteiger partial charge in [-0.3, -0.25) is 0 Å². The lowest BCUT2D eigenvalue weighted by Crippen LogP contribution is -2.41. The molecule has 1 saturated carbocycles. The van der Waals surface area contributed by atoms with E-state index >= 15 is 0 Å². The number of aromatic nitrogens is 2. The molecular formula is C15H19F3N4O4S. The van der Waals surface area contributed by atoms with Crippen LogP contribution < -0.4 is 4.90 Å². The van der Waals surface area contributed by atoms with Crippen LogP contribution in [-0.2, 0) is 14.8 Å². The van der Waals surface area contributed by atoms with Crippen LogP contribution in [0.4, 0.5) is 19.1 Å². The van der Waals surface area contributed by atoms with E-state index in [-0.39, 0.29) is 17.3 Å². The van der Waals surface area contributed by atoms with E-state index in [2.05, 4.69) is 14.9 Å². The summed E-state index contributed by atoms with van der Waals surface area (Å²) in [4.78, 5) is 19.7. The second kappa shape index (κ2) is 7.23. The van der Waals surface area contributed by atoms with Crippen LogP contribution in [0.5, 0.6) is 0 Å². The molecule has 3 aliphatic rings. The number of anilines is 1. The highest BCUT2D eigenvalue weighted by molar-refractivity contribution is 7.90. The predicted molar refractivity (Wildman–Crippen MR) is 88.5 cm³/mol. The van der Waals surface area contributed by atoms with E-state index in [4.69, 9.17) is 9.90 Å². The molecule has 0 radical (unpaired) electrons. The smallest absolute Gasteiger partial charge is 0.475 e. The van der Waals surface area contributed by atoms with Crippen molar-refractivity contribution in [3.63, 3.8) is 0 Å². The number of alkyl halides is 3. The number of hydrogen-bond donors (Lipinski definition) is 1. The van der Waals surface area contributed by atoms with Crippen molar-refractivity contribution in [2.75, 3.05) is 18.0 Å². The average Bonchev–Trinajstić information content (AvgIpc) is 3.26. The first-order valence-electron chi connectivity index (χ1n) is 8.47. The van der Waals surface area contributed by atoms with Gasteiger partial charge in [-0.1, -0.05) is 0 Å². The van der Waals surface area contributed by atoms with E-state index in [1.54, 1.807) is 22.8 Å². The predicted octanol–water partition coefficient (Wildman–Crippen LogP) is 1.26. The fraction of sp³-hybridized carbons (Fsp3) is 0.667. The number of carbonyl (C=O) groups is 1. The van der Waals surface area contributed by atoms with Gasteiger partial charge in [-0.2, -0.15) is 17.5 Å². The molecule has 150 valence electrons. The van der Waals surface area contributed by atoms with Crippen molar-refractivity contribution in [1.29, 1.82) is 0 Å². The van der Waals surface area contributed by atoms with Crippen molar-refractivity contribution in [3.8, 4) is 0 Å². The van der Waals surface area contributed by atoms with Gasteiger partial charge in [0.1, 0.15) is 0 Å². The topological polar surface area (TPSA) is 104 Å². The number of hydrogen-bond acceptors (Lipinski definition) is 6. The number of carboxylic acids is 1. The Bertz CT molecular complexity index is 786. The maximum Gasteiger partial charge on any atom is 0.490 e. The van der Waals surface area contributed by atoms with Crippen molar-refractivity contribution < 1.29 is 31.5 Å². The van der Waals surface area contributed by atoms with Crippen molar-refractivity contribution in [3.05, 3.63) is 18.5 Å². The molecule has 2 saturated heterocycles. The molecular weight excluding hydrogens is 389 g/mol. The standard InChI is InChI=1S/C13H18N4O2S.C2HF3O2/c18-20(19,10-2-3-10)17-9-5-11-12(17)4-8-16(11)13-14-6-1-7-15-13;3-2(4,5)1(6)7/h1,6-7,10-12H,2-5,8-9H2;(H,6,7)/t11-,12+;/m1./s1. The first-order chi connectivity index (χ1) is 12.6. The van der Waals surface area contributed by atoms with Crippen LogP contribution in [0.2, 0.25) is 0 Å². The molecule has 12 heteroatoms. The summed E-state index contributed by atoms with van der Waals surface area (Å²) in [5.74, 6) is -2.03. The van der Waals surface area contributed by atoms with E-state index in [9.17, 15) is 21.6 Å². The Morgan fingerprint density at radius 2 is 1.63 bits per heavy atom. The zero-order chi connectivity index (χ0) is 19.8. The molecule has 2 aliphatic heterocycles. The van der Waals surface area contributed by atoms with Crippen LogP contribution >= 0.6 is 0 Å². The Morgan fingerprint density at radius 3 is 2.15 bits per heavy atom. The van der Waals surface area contributed by atoms with Gasteiger partial charge in [0.25, 0.3) is 0 Å². The molecule has 1 aromatic rings. The van der Waals surface area contributed by atoms with Crippen LogP contribution in [0.3, 0.4) is 0 Å². The Labute approximate surface area is 154 Å². The Balaban J connectivity index is 0.000000260. The van der Waals surface area contributed by atoms with E-state index in [0.29, 0.717) is 6.54 Å². The molecule has 3 heterocycles. The van der Waals surface area contributed by atoms with Gasteiger partial charge in [-0.05, 0) is 31.7 Å². The van der Waals surface area contributed by atoms with Gasteiger partial charge in [0.05, 0.1) is 5.25 Å². The minimum Gasteiger partial charge on any atom is -0.475 e. The molecule has 1 aromatic heterocycles. The highest BCUT2D eigenvalue weighted by atomic mass is 32.2. The molecule has 4 rings (SSSR count). The highest BCUT2D eigenvalue weighted by Gasteiger charge is 2.51. The first-order valence-corrected chi connectivity index (χ1v) is 9.97. The Kier molecular flexibility index (Phi) is 5.30. The van der Waals surface area contributed by atoms with E-state index in [0.717, 1.165) is 38.2 Å². The molecule has 27 heavy (non-hydrogen) atoms. The summed E-state index contributed by atoms with van der Waals surface area (Å²) in [6, 6.07) is 2.16. The summed E-state index contributed by atoms with van der Waals surface area (Å²) in [5, 5.41) is 7.02. The van der Waals surface area contributed by atoms with Crippen LogP contribution in [0.25, 0.3) is 0 Å². The summed E-state index contributed by atoms with van der Waals surface area (Å²) in [6.45, 7) is 1.49. The van der Waals surface area contributed by atoms with Crippen molar-refractivity contribution in [2.24, 2.45) is 0 Å². The number of nitrogens with zero attached hydrogens (tertiary/aromatic N) is 4. The van der Waals surface area contributed by atoms with Crippen LogP contribution in [-0.4, -0.2) is 70.4 Å². The number of fused-ring (bicyclic) bond motifs is 1. The summed E-state index contributed by atoms with van der Waals surface area (Å²) in [7, 11) is -3.06. The molecule has 0 bridgehead atoms. The number of carboxylic acid groups (broad SMARTS) is 1. The minimum atomic E-state index is -5.08. The molecule has 0 unspecified atom stereocenters. The normalized spacial score (nSPS) is 25.7. The van der Waals surface area contributed by atoms with Crippen LogP contribution in [0.15, 0.2) is 18.5 Å². The minimum absolute atomic E-state index is 0.108. The molecule has 0 amide bonds. The lowest BCUT2D eigenvalue weighted by Gasteiger charge is -2.25. The maximum atomic E-state index is 12.5. The number of rotatable bonds is 3. The highest BCUT2D eigenvalue weighted by Crippen LogP contribution is 2.40. The molecule has 8 nitrogen and oxygen atoms in total. The third-order valence-electron chi connectivity index (χ3n) is 4.85. The van der Waals surface area contributed by atoms with Gasteiger partial charge in [0.2, 0.25) is 16.0 Å². The molecule has 2 atom stereocenters. The molecule has 3 fully saturated rings. The molecule has 1 aliphatic carbocycles. The fourth-order valence-corrected chi connectivity index (χ4v) is 5.61. The van der Waals surface area contributed by atoms with Crippen molar-refractivity contribution in [2.45, 2.75) is 49.2 Å². The Hall–Kier alpha value is -1.95. The lowest BCUT2D eigenvalue weighted by atomic mass is 10.1. The van der Waals surface area contributed by atoms with Crippen molar-refractivity contribution >= 4 is 21.9 Å². The number of aliphatic carboxylic acids is 1.